The maximum atomic E-state index is 11.8. The van der Waals surface area contributed by atoms with E-state index in [-0.39, 0.29) is 34.8 Å². The van der Waals surface area contributed by atoms with Crippen molar-refractivity contribution in [2.24, 2.45) is 5.92 Å². The molecule has 1 aliphatic heterocycles. The molecule has 2 rings (SSSR count). The Morgan fingerprint density at radius 1 is 1.43 bits per heavy atom. The predicted octanol–water partition coefficient (Wildman–Crippen LogP) is -0.648. The monoisotopic (exact) mass is 336 g/mol. The molecule has 0 aliphatic carbocycles. The van der Waals surface area contributed by atoms with Crippen LogP contribution in [0.2, 0.25) is 0 Å². The van der Waals surface area contributed by atoms with Crippen LogP contribution in [0.15, 0.2) is 21.6 Å². The minimum atomic E-state index is -3.73. The Hall–Kier alpha value is -1.39. The molecular formula is C11H16N2O6S2. The zero-order valence-electron chi connectivity index (χ0n) is 11.3. The van der Waals surface area contributed by atoms with Gasteiger partial charge in [-0.3, -0.25) is 4.79 Å². The van der Waals surface area contributed by atoms with Gasteiger partial charge < -0.3 is 9.73 Å². The quantitative estimate of drug-likeness (QED) is 0.737. The van der Waals surface area contributed by atoms with Crippen molar-refractivity contribution in [3.8, 4) is 0 Å². The number of carbonyl (C=O) groups is 1. The van der Waals surface area contributed by atoms with E-state index in [2.05, 4.69) is 10.0 Å². The summed E-state index contributed by atoms with van der Waals surface area (Å²) in [5, 5.41) is 2.20. The van der Waals surface area contributed by atoms with E-state index in [1.165, 1.54) is 19.2 Å². The second kappa shape index (κ2) is 5.78. The van der Waals surface area contributed by atoms with Crippen molar-refractivity contribution in [1.82, 2.24) is 10.0 Å². The summed E-state index contributed by atoms with van der Waals surface area (Å²) in [6, 6.07) is 2.44. The first-order chi connectivity index (χ1) is 9.73. The largest absolute Gasteiger partial charge is 0.438 e. The average molecular weight is 336 g/mol. The zero-order valence-corrected chi connectivity index (χ0v) is 13.0. The van der Waals surface area contributed by atoms with Crippen molar-refractivity contribution >= 4 is 25.8 Å². The molecule has 1 amide bonds. The molecule has 2 N–H and O–H groups in total. The summed E-state index contributed by atoms with van der Waals surface area (Å²) in [5.74, 6) is -0.625. The van der Waals surface area contributed by atoms with Crippen LogP contribution >= 0.6 is 0 Å². The highest BCUT2D eigenvalue weighted by molar-refractivity contribution is 7.91. The molecule has 21 heavy (non-hydrogen) atoms. The highest BCUT2D eigenvalue weighted by Crippen LogP contribution is 2.18. The number of amides is 1. The van der Waals surface area contributed by atoms with Gasteiger partial charge in [-0.05, 0) is 31.5 Å². The second-order valence-corrected chi connectivity index (χ2v) is 8.85. The Kier molecular flexibility index (Phi) is 4.40. The highest BCUT2D eigenvalue weighted by Gasteiger charge is 2.28. The van der Waals surface area contributed by atoms with Crippen LogP contribution in [0.1, 0.15) is 17.0 Å². The molecule has 2 heterocycles. The molecule has 1 saturated heterocycles. The molecular weight excluding hydrogens is 320 g/mol. The third-order valence-corrected chi connectivity index (χ3v) is 6.34. The Bertz CT molecular complexity index is 735. The lowest BCUT2D eigenvalue weighted by molar-refractivity contribution is 0.0915. The molecule has 8 nitrogen and oxygen atoms in total. The van der Waals surface area contributed by atoms with Crippen LogP contribution in [0.3, 0.4) is 0 Å². The van der Waals surface area contributed by atoms with E-state index in [1.807, 2.05) is 0 Å². The SMILES string of the molecule is CNS(=O)(=O)c1ccc(C(=O)NC[C@H]2CCS(=O)(=O)C2)o1. The summed E-state index contributed by atoms with van der Waals surface area (Å²) in [6.07, 6.45) is 0.514. The molecule has 10 heteroatoms. The summed E-state index contributed by atoms with van der Waals surface area (Å²) in [5.41, 5.74) is 0. The van der Waals surface area contributed by atoms with Gasteiger partial charge in [0.2, 0.25) is 5.09 Å². The number of hydrogen-bond acceptors (Lipinski definition) is 6. The normalized spacial score (nSPS) is 21.3. The number of carbonyl (C=O) groups excluding carboxylic acids is 1. The topological polar surface area (TPSA) is 123 Å². The van der Waals surface area contributed by atoms with Crippen LogP contribution in [-0.4, -0.2) is 47.8 Å². The van der Waals surface area contributed by atoms with Gasteiger partial charge in [0, 0.05) is 6.54 Å². The minimum absolute atomic E-state index is 0.0603. The first kappa shape index (κ1) is 16.0. The van der Waals surface area contributed by atoms with E-state index in [1.54, 1.807) is 0 Å². The lowest BCUT2D eigenvalue weighted by Crippen LogP contribution is -2.29. The standard InChI is InChI=1S/C11H16N2O6S2/c1-12-21(17,18)10-3-2-9(19-10)11(14)13-6-8-4-5-20(15,16)7-8/h2-3,8,12H,4-7H2,1H3,(H,13,14)/t8-/m1/s1. The Morgan fingerprint density at radius 2 is 2.14 bits per heavy atom. The maximum absolute atomic E-state index is 11.8. The molecule has 0 spiro atoms. The molecule has 0 bridgehead atoms. The molecule has 0 radical (unpaired) electrons. The van der Waals surface area contributed by atoms with Crippen molar-refractivity contribution in [3.05, 3.63) is 17.9 Å². The van der Waals surface area contributed by atoms with E-state index < -0.39 is 25.8 Å². The average Bonchev–Trinajstić information content (AvgIpc) is 3.03. The Morgan fingerprint density at radius 3 is 2.71 bits per heavy atom. The molecule has 1 aromatic heterocycles. The molecule has 0 aromatic carbocycles. The number of sulfonamides is 1. The highest BCUT2D eigenvalue weighted by atomic mass is 32.2. The summed E-state index contributed by atoms with van der Waals surface area (Å²) in [6.45, 7) is 0.215. The minimum Gasteiger partial charge on any atom is -0.438 e. The van der Waals surface area contributed by atoms with Crippen LogP contribution in [-0.2, 0) is 19.9 Å². The lowest BCUT2D eigenvalue weighted by Gasteiger charge is -2.08. The van der Waals surface area contributed by atoms with Gasteiger partial charge >= 0.3 is 0 Å². The second-order valence-electron chi connectivity index (χ2n) is 4.81. The fourth-order valence-corrected chi connectivity index (χ4v) is 4.55. The molecule has 1 aliphatic rings. The number of nitrogens with one attached hydrogen (secondary N) is 2. The molecule has 1 fully saturated rings. The van der Waals surface area contributed by atoms with Crippen LogP contribution in [0.5, 0.6) is 0 Å². The van der Waals surface area contributed by atoms with Crippen LogP contribution < -0.4 is 10.0 Å². The number of sulfone groups is 1. The third-order valence-electron chi connectivity index (χ3n) is 3.22. The van der Waals surface area contributed by atoms with Gasteiger partial charge in [-0.2, -0.15) is 0 Å². The fraction of sp³-hybridized carbons (Fsp3) is 0.545. The predicted molar refractivity (Wildman–Crippen MR) is 74.0 cm³/mol. The van der Waals surface area contributed by atoms with Crippen LogP contribution in [0, 0.1) is 5.92 Å². The summed E-state index contributed by atoms with van der Waals surface area (Å²) < 4.78 is 52.6. The molecule has 118 valence electrons. The summed E-state index contributed by atoms with van der Waals surface area (Å²) in [4.78, 5) is 11.8. The number of furan rings is 1. The molecule has 1 aromatic rings. The van der Waals surface area contributed by atoms with E-state index in [0.29, 0.717) is 6.42 Å². The van der Waals surface area contributed by atoms with Gasteiger partial charge in [0.1, 0.15) is 0 Å². The smallest absolute Gasteiger partial charge is 0.287 e. The zero-order chi connectivity index (χ0) is 15.7. The van der Waals surface area contributed by atoms with Gasteiger partial charge in [-0.15, -0.1) is 0 Å². The van der Waals surface area contributed by atoms with E-state index in [0.717, 1.165) is 0 Å². The van der Waals surface area contributed by atoms with Gasteiger partial charge in [0.25, 0.3) is 15.9 Å². The summed E-state index contributed by atoms with van der Waals surface area (Å²) >= 11 is 0. The van der Waals surface area contributed by atoms with Gasteiger partial charge in [0.15, 0.2) is 15.6 Å². The van der Waals surface area contributed by atoms with Crippen molar-refractivity contribution < 1.29 is 26.0 Å². The Labute approximate surface area is 122 Å². The van der Waals surface area contributed by atoms with Gasteiger partial charge in [0.05, 0.1) is 11.5 Å². The maximum Gasteiger partial charge on any atom is 0.287 e. The van der Waals surface area contributed by atoms with Crippen molar-refractivity contribution in [3.63, 3.8) is 0 Å². The Balaban J connectivity index is 1.96. The van der Waals surface area contributed by atoms with Crippen LogP contribution in [0.25, 0.3) is 0 Å². The summed E-state index contributed by atoms with van der Waals surface area (Å²) in [7, 11) is -5.49. The number of hydrogen-bond donors (Lipinski definition) is 2. The van der Waals surface area contributed by atoms with E-state index in [4.69, 9.17) is 4.42 Å². The van der Waals surface area contributed by atoms with Gasteiger partial charge in [-0.1, -0.05) is 0 Å². The van der Waals surface area contributed by atoms with E-state index >= 15 is 0 Å². The van der Waals surface area contributed by atoms with Crippen molar-refractivity contribution in [2.45, 2.75) is 11.5 Å². The van der Waals surface area contributed by atoms with E-state index in [9.17, 15) is 21.6 Å². The lowest BCUT2D eigenvalue weighted by atomic mass is 10.1. The van der Waals surface area contributed by atoms with Crippen molar-refractivity contribution in [1.29, 1.82) is 0 Å². The molecule has 1 atom stereocenters. The third kappa shape index (κ3) is 3.83. The van der Waals surface area contributed by atoms with Gasteiger partial charge in [-0.25, -0.2) is 21.6 Å². The first-order valence-electron chi connectivity index (χ1n) is 6.25. The fourth-order valence-electron chi connectivity index (χ4n) is 2.04. The van der Waals surface area contributed by atoms with Crippen molar-refractivity contribution in [2.75, 3.05) is 25.1 Å². The van der Waals surface area contributed by atoms with Crippen LogP contribution in [0.4, 0.5) is 0 Å². The molecule has 0 unspecified atom stereocenters. The number of rotatable bonds is 5. The molecule has 0 saturated carbocycles. The first-order valence-corrected chi connectivity index (χ1v) is 9.56.